The summed E-state index contributed by atoms with van der Waals surface area (Å²) in [5.74, 6) is 0.0320. The molecular formula is C22H25N3O2S. The summed E-state index contributed by atoms with van der Waals surface area (Å²) in [5, 5.41) is 6.44. The lowest BCUT2D eigenvalue weighted by molar-refractivity contribution is -0.121. The minimum atomic E-state index is -0.00738. The largest absolute Gasteiger partial charge is 0.352 e. The fourth-order valence-electron chi connectivity index (χ4n) is 2.84. The van der Waals surface area contributed by atoms with E-state index in [0.29, 0.717) is 30.9 Å². The fraction of sp³-hybridized carbons (Fsp3) is 0.318. The number of carbonyl (C=O) groups excluding carboxylic acids is 2. The molecule has 0 aliphatic carbocycles. The van der Waals surface area contributed by atoms with E-state index in [1.807, 2.05) is 50.2 Å². The van der Waals surface area contributed by atoms with Crippen LogP contribution in [0.3, 0.4) is 0 Å². The molecule has 6 heteroatoms. The molecule has 0 radical (unpaired) electrons. The Morgan fingerprint density at radius 2 is 1.75 bits per heavy atom. The van der Waals surface area contributed by atoms with E-state index in [4.69, 9.17) is 0 Å². The molecule has 0 fully saturated rings. The van der Waals surface area contributed by atoms with Crippen molar-refractivity contribution in [2.45, 2.75) is 46.1 Å². The summed E-state index contributed by atoms with van der Waals surface area (Å²) in [6, 6.07) is 14.1. The Morgan fingerprint density at radius 3 is 2.50 bits per heavy atom. The molecule has 0 aliphatic rings. The third-order valence-electron chi connectivity index (χ3n) is 4.43. The third kappa shape index (κ3) is 5.63. The molecule has 0 bridgehead atoms. The molecule has 28 heavy (non-hydrogen) atoms. The van der Waals surface area contributed by atoms with Crippen LogP contribution in [0.4, 0.5) is 5.13 Å². The molecule has 0 unspecified atom stereocenters. The summed E-state index contributed by atoms with van der Waals surface area (Å²) in [6.07, 6.45) is 2.42. The maximum absolute atomic E-state index is 12.1. The summed E-state index contributed by atoms with van der Waals surface area (Å²) >= 11 is 1.46. The van der Waals surface area contributed by atoms with Gasteiger partial charge in [0, 0.05) is 19.4 Å². The second-order valence-corrected chi connectivity index (χ2v) is 7.91. The maximum atomic E-state index is 12.1. The van der Waals surface area contributed by atoms with Gasteiger partial charge in [0.1, 0.15) is 0 Å². The second-order valence-electron chi connectivity index (χ2n) is 6.88. The Kier molecular flexibility index (Phi) is 6.76. The van der Waals surface area contributed by atoms with Gasteiger partial charge < -0.3 is 10.6 Å². The molecule has 0 saturated carbocycles. The van der Waals surface area contributed by atoms with E-state index in [2.05, 4.69) is 21.7 Å². The Bertz CT molecular complexity index is 964. The average Bonchev–Trinajstić information content (AvgIpc) is 3.07. The van der Waals surface area contributed by atoms with Crippen LogP contribution in [0, 0.1) is 6.92 Å². The summed E-state index contributed by atoms with van der Waals surface area (Å²) in [4.78, 5) is 28.3. The monoisotopic (exact) mass is 395 g/mol. The quantitative estimate of drug-likeness (QED) is 0.586. The Balaban J connectivity index is 1.52. The van der Waals surface area contributed by atoms with Gasteiger partial charge in [-0.1, -0.05) is 54.2 Å². The van der Waals surface area contributed by atoms with Crippen LogP contribution in [-0.2, 0) is 22.6 Å². The number of anilines is 1. The van der Waals surface area contributed by atoms with Gasteiger partial charge in [0.15, 0.2) is 5.13 Å². The normalized spacial score (nSPS) is 10.8. The van der Waals surface area contributed by atoms with Crippen LogP contribution in [0.15, 0.2) is 42.5 Å². The Hall–Kier alpha value is -2.73. The number of nitrogens with one attached hydrogen (secondary N) is 2. The molecule has 2 aromatic carbocycles. The second kappa shape index (κ2) is 9.46. The van der Waals surface area contributed by atoms with Gasteiger partial charge in [-0.15, -0.1) is 0 Å². The number of carbonyl (C=O) groups is 2. The van der Waals surface area contributed by atoms with Crippen molar-refractivity contribution in [3.8, 4) is 0 Å². The third-order valence-corrected chi connectivity index (χ3v) is 5.36. The van der Waals surface area contributed by atoms with E-state index in [9.17, 15) is 9.59 Å². The standard InChI is InChI=1S/C22H25N3O2S/c1-3-4-21(27)25-22-24-18-11-9-16(13-19(18)28-22)10-12-20(26)23-14-17-7-5-15(2)6-8-17/h5-9,11,13H,3-4,10,12,14H2,1-2H3,(H,23,26)(H,24,25,27). The van der Waals surface area contributed by atoms with Crippen molar-refractivity contribution in [2.24, 2.45) is 0 Å². The predicted octanol–water partition coefficient (Wildman–Crippen LogP) is 4.59. The lowest BCUT2D eigenvalue weighted by Crippen LogP contribution is -2.22. The smallest absolute Gasteiger partial charge is 0.226 e. The number of amides is 2. The number of fused-ring (bicyclic) bond motifs is 1. The minimum absolute atomic E-state index is 0.00738. The highest BCUT2D eigenvalue weighted by Gasteiger charge is 2.09. The zero-order chi connectivity index (χ0) is 19.9. The highest BCUT2D eigenvalue weighted by Crippen LogP contribution is 2.27. The summed E-state index contributed by atoms with van der Waals surface area (Å²) in [7, 11) is 0. The van der Waals surface area contributed by atoms with Gasteiger partial charge in [-0.05, 0) is 43.0 Å². The van der Waals surface area contributed by atoms with E-state index in [1.165, 1.54) is 16.9 Å². The van der Waals surface area contributed by atoms with Crippen LogP contribution in [0.5, 0.6) is 0 Å². The van der Waals surface area contributed by atoms with Crippen molar-refractivity contribution in [2.75, 3.05) is 5.32 Å². The van der Waals surface area contributed by atoms with Crippen molar-refractivity contribution in [1.29, 1.82) is 0 Å². The van der Waals surface area contributed by atoms with Crippen LogP contribution >= 0.6 is 11.3 Å². The van der Waals surface area contributed by atoms with E-state index in [1.54, 1.807) is 0 Å². The van der Waals surface area contributed by atoms with Crippen molar-refractivity contribution in [3.05, 3.63) is 59.2 Å². The van der Waals surface area contributed by atoms with Gasteiger partial charge in [0.25, 0.3) is 0 Å². The van der Waals surface area contributed by atoms with Crippen molar-refractivity contribution in [3.63, 3.8) is 0 Å². The fourth-order valence-corrected chi connectivity index (χ4v) is 3.79. The molecule has 5 nitrogen and oxygen atoms in total. The molecule has 3 rings (SSSR count). The highest BCUT2D eigenvalue weighted by atomic mass is 32.1. The zero-order valence-corrected chi connectivity index (χ0v) is 17.1. The number of hydrogen-bond donors (Lipinski definition) is 2. The van der Waals surface area contributed by atoms with E-state index >= 15 is 0 Å². The molecule has 3 aromatic rings. The zero-order valence-electron chi connectivity index (χ0n) is 16.2. The minimum Gasteiger partial charge on any atom is -0.352 e. The van der Waals surface area contributed by atoms with Crippen molar-refractivity contribution < 1.29 is 9.59 Å². The lowest BCUT2D eigenvalue weighted by Gasteiger charge is -2.06. The van der Waals surface area contributed by atoms with Crippen LogP contribution in [0.1, 0.15) is 42.9 Å². The predicted molar refractivity (Wildman–Crippen MR) is 115 cm³/mol. The van der Waals surface area contributed by atoms with Gasteiger partial charge in [0.05, 0.1) is 10.2 Å². The Labute approximate surface area is 169 Å². The summed E-state index contributed by atoms with van der Waals surface area (Å²) in [6.45, 7) is 4.57. The number of aromatic nitrogens is 1. The maximum Gasteiger partial charge on any atom is 0.226 e. The molecule has 146 valence electrons. The number of rotatable bonds is 8. The molecule has 0 atom stereocenters. The van der Waals surface area contributed by atoms with Gasteiger partial charge in [-0.25, -0.2) is 4.98 Å². The number of benzene rings is 2. The van der Waals surface area contributed by atoms with E-state index < -0.39 is 0 Å². The first-order valence-corrected chi connectivity index (χ1v) is 10.4. The van der Waals surface area contributed by atoms with Crippen LogP contribution in [0.25, 0.3) is 10.2 Å². The average molecular weight is 396 g/mol. The molecule has 0 spiro atoms. The first-order valence-electron chi connectivity index (χ1n) is 9.55. The van der Waals surface area contributed by atoms with Gasteiger partial charge in [-0.2, -0.15) is 0 Å². The topological polar surface area (TPSA) is 71.1 Å². The molecular weight excluding hydrogens is 370 g/mol. The first kappa shape index (κ1) is 20.0. The molecule has 0 saturated heterocycles. The van der Waals surface area contributed by atoms with Gasteiger partial charge in [-0.3, -0.25) is 9.59 Å². The number of nitrogens with zero attached hydrogens (tertiary/aromatic N) is 1. The molecule has 2 amide bonds. The summed E-state index contributed by atoms with van der Waals surface area (Å²) < 4.78 is 1.02. The van der Waals surface area contributed by atoms with Crippen LogP contribution in [-0.4, -0.2) is 16.8 Å². The number of aryl methyl sites for hydroxylation is 2. The van der Waals surface area contributed by atoms with Crippen LogP contribution < -0.4 is 10.6 Å². The van der Waals surface area contributed by atoms with Gasteiger partial charge in [0.2, 0.25) is 11.8 Å². The lowest BCUT2D eigenvalue weighted by atomic mass is 10.1. The summed E-state index contributed by atoms with van der Waals surface area (Å²) in [5.41, 5.74) is 4.27. The van der Waals surface area contributed by atoms with Gasteiger partial charge >= 0.3 is 0 Å². The van der Waals surface area contributed by atoms with Crippen molar-refractivity contribution in [1.82, 2.24) is 10.3 Å². The molecule has 0 aliphatic heterocycles. The first-order chi connectivity index (χ1) is 13.5. The van der Waals surface area contributed by atoms with Crippen molar-refractivity contribution >= 4 is 38.5 Å². The SMILES string of the molecule is CCCC(=O)Nc1nc2ccc(CCC(=O)NCc3ccc(C)cc3)cc2s1. The molecule has 1 aromatic heterocycles. The Morgan fingerprint density at radius 1 is 1.00 bits per heavy atom. The van der Waals surface area contributed by atoms with E-state index in [0.717, 1.165) is 27.8 Å². The van der Waals surface area contributed by atoms with E-state index in [-0.39, 0.29) is 11.8 Å². The van der Waals surface area contributed by atoms with Crippen LogP contribution in [0.2, 0.25) is 0 Å². The molecule has 2 N–H and O–H groups in total. The highest BCUT2D eigenvalue weighted by molar-refractivity contribution is 7.22. The molecule has 1 heterocycles. The number of thiazole rings is 1. The number of hydrogen-bond acceptors (Lipinski definition) is 4.